The number of hydrogen-bond acceptors (Lipinski definition) is 6. The first-order valence-corrected chi connectivity index (χ1v) is 13.0. The van der Waals surface area contributed by atoms with Crippen LogP contribution in [0.25, 0.3) is 11.0 Å². The van der Waals surface area contributed by atoms with Gasteiger partial charge in [-0.15, -0.1) is 0 Å². The van der Waals surface area contributed by atoms with E-state index in [1.807, 2.05) is 0 Å². The van der Waals surface area contributed by atoms with Crippen molar-refractivity contribution in [1.82, 2.24) is 14.9 Å². The second kappa shape index (κ2) is 9.58. The lowest BCUT2D eigenvalue weighted by Crippen LogP contribution is -2.47. The summed E-state index contributed by atoms with van der Waals surface area (Å²) in [7, 11) is -3.70. The summed E-state index contributed by atoms with van der Waals surface area (Å²) in [4.78, 5) is 22.9. The number of halogens is 2. The van der Waals surface area contributed by atoms with Crippen LogP contribution >= 0.6 is 0 Å². The van der Waals surface area contributed by atoms with E-state index in [0.717, 1.165) is 6.92 Å². The molecule has 186 valence electrons. The van der Waals surface area contributed by atoms with Crippen LogP contribution in [0.15, 0.2) is 59.8 Å². The zero-order chi connectivity index (χ0) is 25.3. The van der Waals surface area contributed by atoms with Gasteiger partial charge in [0.2, 0.25) is 5.92 Å². The maximum Gasteiger partial charge on any atom is 0.253 e. The molecule has 7 nitrogen and oxygen atoms in total. The van der Waals surface area contributed by atoms with Crippen LogP contribution in [-0.4, -0.2) is 58.9 Å². The molecular formula is C25H27F2N3O4S. The number of likely N-dealkylation sites (tertiary alicyclic amines) is 1. The van der Waals surface area contributed by atoms with E-state index in [2.05, 4.69) is 9.97 Å². The molecule has 10 heteroatoms. The highest BCUT2D eigenvalue weighted by Gasteiger charge is 2.36. The number of alkyl halides is 2. The normalized spacial score (nSPS) is 16.4. The number of nitrogens with zero attached hydrogens (tertiary/aromatic N) is 3. The zero-order valence-corrected chi connectivity index (χ0v) is 20.1. The number of amides is 1. The molecule has 0 bridgehead atoms. The molecule has 0 saturated carbocycles. The van der Waals surface area contributed by atoms with E-state index in [1.165, 1.54) is 18.5 Å². The van der Waals surface area contributed by atoms with Crippen molar-refractivity contribution in [3.8, 4) is 0 Å². The number of aromatic nitrogens is 2. The number of aliphatic hydroxyl groups is 1. The lowest BCUT2D eigenvalue weighted by Gasteiger charge is -2.38. The average Bonchev–Trinajstić information content (AvgIpc) is 2.82. The Morgan fingerprint density at radius 3 is 2.40 bits per heavy atom. The fraction of sp³-hybridized carbons (Fsp3) is 0.400. The Morgan fingerprint density at radius 1 is 1.09 bits per heavy atom. The van der Waals surface area contributed by atoms with E-state index in [1.54, 1.807) is 41.3 Å². The summed E-state index contributed by atoms with van der Waals surface area (Å²) in [5, 5.41) is 10.6. The number of para-hydroxylation sites is 1. The summed E-state index contributed by atoms with van der Waals surface area (Å²) in [6.07, 6.45) is 3.01. The molecule has 0 radical (unpaired) electrons. The first-order chi connectivity index (χ1) is 16.5. The zero-order valence-electron chi connectivity index (χ0n) is 19.3. The van der Waals surface area contributed by atoms with E-state index in [0.29, 0.717) is 22.2 Å². The summed E-state index contributed by atoms with van der Waals surface area (Å²) in [5.41, 5.74) is 0.532. The molecule has 4 rings (SSSR count). The standard InChI is InChI=1S/C25H27F2N3O4S/c1-24(26,27)9-10-25(32)11-15-30(16-12-25)23(31)19-7-5-18(6-8-19)17-35(33,34)21-4-2-3-20-22(21)29-14-13-28-20/h2-8,13-14,32H,9-12,15-17H2,1H3. The van der Waals surface area contributed by atoms with Crippen molar-refractivity contribution >= 4 is 26.8 Å². The molecule has 35 heavy (non-hydrogen) atoms. The third-order valence-electron chi connectivity index (χ3n) is 6.36. The fourth-order valence-corrected chi connectivity index (χ4v) is 5.79. The van der Waals surface area contributed by atoms with Gasteiger partial charge in [-0.3, -0.25) is 14.8 Å². The van der Waals surface area contributed by atoms with Crippen molar-refractivity contribution in [3.05, 3.63) is 66.0 Å². The third-order valence-corrected chi connectivity index (χ3v) is 8.08. The van der Waals surface area contributed by atoms with E-state index >= 15 is 0 Å². The first-order valence-electron chi connectivity index (χ1n) is 11.4. The number of sulfone groups is 1. The average molecular weight is 504 g/mol. The van der Waals surface area contributed by atoms with Crippen LogP contribution in [0.2, 0.25) is 0 Å². The Kier molecular flexibility index (Phi) is 6.88. The summed E-state index contributed by atoms with van der Waals surface area (Å²) in [6.45, 7) is 1.37. The Hall–Kier alpha value is -2.98. The number of hydrogen-bond donors (Lipinski definition) is 1. The van der Waals surface area contributed by atoms with E-state index < -0.39 is 27.8 Å². The monoisotopic (exact) mass is 503 g/mol. The molecule has 1 N–H and O–H groups in total. The first kappa shape index (κ1) is 25.1. The van der Waals surface area contributed by atoms with Crippen LogP contribution < -0.4 is 0 Å². The van der Waals surface area contributed by atoms with Gasteiger partial charge in [0.25, 0.3) is 5.91 Å². The van der Waals surface area contributed by atoms with Gasteiger partial charge < -0.3 is 10.0 Å². The van der Waals surface area contributed by atoms with Crippen LogP contribution in [0.5, 0.6) is 0 Å². The molecule has 3 aromatic rings. The van der Waals surface area contributed by atoms with Crippen molar-refractivity contribution in [1.29, 1.82) is 0 Å². The number of benzene rings is 2. The van der Waals surface area contributed by atoms with Gasteiger partial charge in [-0.05, 0) is 56.0 Å². The smallest absolute Gasteiger partial charge is 0.253 e. The highest BCUT2D eigenvalue weighted by Crippen LogP contribution is 2.32. The van der Waals surface area contributed by atoms with E-state index in [4.69, 9.17) is 0 Å². The molecule has 0 spiro atoms. The summed E-state index contributed by atoms with van der Waals surface area (Å²) < 4.78 is 52.4. The van der Waals surface area contributed by atoms with Crippen molar-refractivity contribution in [2.24, 2.45) is 0 Å². The molecule has 0 unspecified atom stereocenters. The molecule has 1 saturated heterocycles. The molecule has 1 aromatic heterocycles. The van der Waals surface area contributed by atoms with Gasteiger partial charge in [-0.25, -0.2) is 17.2 Å². The van der Waals surface area contributed by atoms with E-state index in [9.17, 15) is 27.1 Å². The number of carbonyl (C=O) groups excluding carboxylic acids is 1. The van der Waals surface area contributed by atoms with Crippen LogP contribution in [0, 0.1) is 0 Å². The quantitative estimate of drug-likeness (QED) is 0.523. The molecule has 0 atom stereocenters. The fourth-order valence-electron chi connectivity index (χ4n) is 4.27. The summed E-state index contributed by atoms with van der Waals surface area (Å²) in [5.74, 6) is -3.33. The van der Waals surface area contributed by atoms with Gasteiger partial charge in [-0.2, -0.15) is 0 Å². The van der Waals surface area contributed by atoms with Crippen LogP contribution in [0.1, 0.15) is 48.5 Å². The Labute approximate surface area is 202 Å². The third kappa shape index (κ3) is 5.99. The van der Waals surface area contributed by atoms with Crippen molar-refractivity contribution < 1.29 is 27.1 Å². The van der Waals surface area contributed by atoms with Crippen molar-refractivity contribution in [2.45, 2.75) is 54.8 Å². The Balaban J connectivity index is 1.41. The maximum absolute atomic E-state index is 13.2. The second-order valence-corrected chi connectivity index (χ2v) is 11.2. The van der Waals surface area contributed by atoms with E-state index in [-0.39, 0.29) is 48.9 Å². The molecule has 1 amide bonds. The van der Waals surface area contributed by atoms with Crippen LogP contribution in [0.4, 0.5) is 8.78 Å². The molecule has 1 fully saturated rings. The maximum atomic E-state index is 13.2. The molecule has 0 aliphatic carbocycles. The lowest BCUT2D eigenvalue weighted by atomic mass is 9.86. The van der Waals surface area contributed by atoms with Crippen molar-refractivity contribution in [3.63, 3.8) is 0 Å². The number of fused-ring (bicyclic) bond motifs is 1. The van der Waals surface area contributed by atoms with Gasteiger partial charge in [0.1, 0.15) is 5.52 Å². The van der Waals surface area contributed by atoms with Crippen molar-refractivity contribution in [2.75, 3.05) is 13.1 Å². The molecule has 2 aromatic carbocycles. The van der Waals surface area contributed by atoms with Gasteiger partial charge in [0.05, 0.1) is 21.8 Å². The molecular weight excluding hydrogens is 476 g/mol. The number of carbonyl (C=O) groups is 1. The minimum Gasteiger partial charge on any atom is -0.390 e. The van der Waals surface area contributed by atoms with Gasteiger partial charge in [-0.1, -0.05) is 18.2 Å². The summed E-state index contributed by atoms with van der Waals surface area (Å²) >= 11 is 0. The SMILES string of the molecule is CC(F)(F)CCC1(O)CCN(C(=O)c2ccc(CS(=O)(=O)c3cccc4nccnc34)cc2)CC1. The second-order valence-electron chi connectivity index (χ2n) is 9.22. The minimum atomic E-state index is -3.70. The highest BCUT2D eigenvalue weighted by atomic mass is 32.2. The molecule has 1 aliphatic heterocycles. The topological polar surface area (TPSA) is 100 Å². The number of rotatable bonds is 7. The van der Waals surface area contributed by atoms with Gasteiger partial charge >= 0.3 is 0 Å². The Morgan fingerprint density at radius 2 is 1.74 bits per heavy atom. The molecule has 2 heterocycles. The highest BCUT2D eigenvalue weighted by molar-refractivity contribution is 7.90. The lowest BCUT2D eigenvalue weighted by molar-refractivity contribution is -0.0570. The van der Waals surface area contributed by atoms with Crippen LogP contribution in [0.3, 0.4) is 0 Å². The van der Waals surface area contributed by atoms with Gasteiger partial charge in [0, 0.05) is 37.5 Å². The largest absolute Gasteiger partial charge is 0.390 e. The Bertz CT molecular complexity index is 1310. The minimum absolute atomic E-state index is 0.00994. The number of piperidine rings is 1. The predicted octanol–water partition coefficient (Wildman–Crippen LogP) is 4.01. The predicted molar refractivity (Wildman–Crippen MR) is 127 cm³/mol. The molecule has 1 aliphatic rings. The summed E-state index contributed by atoms with van der Waals surface area (Å²) in [6, 6.07) is 11.2. The van der Waals surface area contributed by atoms with Crippen LogP contribution in [-0.2, 0) is 15.6 Å². The van der Waals surface area contributed by atoms with Gasteiger partial charge in [0.15, 0.2) is 9.84 Å².